The third kappa shape index (κ3) is 4.72. The summed E-state index contributed by atoms with van der Waals surface area (Å²) in [6.07, 6.45) is 5.58. The third-order valence-corrected chi connectivity index (χ3v) is 4.77. The normalized spacial score (nSPS) is 13.7. The number of nitrogens with zero attached hydrogens (tertiary/aromatic N) is 2. The number of carbonyl (C=O) groups is 2. The first-order valence-electron chi connectivity index (χ1n) is 9.68. The van der Waals surface area contributed by atoms with Gasteiger partial charge in [-0.3, -0.25) is 19.0 Å². The number of aromatic nitrogens is 2. The van der Waals surface area contributed by atoms with Crippen molar-refractivity contribution >= 4 is 28.4 Å². The molecule has 1 aliphatic rings. The summed E-state index contributed by atoms with van der Waals surface area (Å²) in [5.41, 5.74) is 1.08. The monoisotopic (exact) mass is 370 g/mol. The van der Waals surface area contributed by atoms with Crippen molar-refractivity contribution in [3.63, 3.8) is 0 Å². The average molecular weight is 370 g/mol. The maximum atomic E-state index is 12.8. The van der Waals surface area contributed by atoms with Crippen molar-refractivity contribution in [2.24, 2.45) is 0 Å². The Morgan fingerprint density at radius 1 is 1.19 bits per heavy atom. The van der Waals surface area contributed by atoms with Gasteiger partial charge in [-0.2, -0.15) is 0 Å². The number of nitrogens with one attached hydrogen (secondary N) is 2. The molecular weight excluding hydrogens is 344 g/mol. The standard InChI is InChI=1S/C20H26N4O3/c1-2-3-10-21-18(25)13-19(26)22-14-8-9-16-15(12-14)20(27)24-11-6-4-5-7-17(24)23-16/h8-9,12H,2-7,10-11,13H2,1H3,(H,21,25)(H,22,26). The van der Waals surface area contributed by atoms with E-state index in [9.17, 15) is 14.4 Å². The first-order valence-corrected chi connectivity index (χ1v) is 9.68. The maximum absolute atomic E-state index is 12.8. The van der Waals surface area contributed by atoms with Crippen LogP contribution in [0, 0.1) is 0 Å². The van der Waals surface area contributed by atoms with Gasteiger partial charge in [-0.05, 0) is 37.5 Å². The highest BCUT2D eigenvalue weighted by Gasteiger charge is 2.15. The van der Waals surface area contributed by atoms with Gasteiger partial charge in [0.05, 0.1) is 10.9 Å². The second kappa shape index (κ2) is 8.79. The Hall–Kier alpha value is -2.70. The predicted molar refractivity (Wildman–Crippen MR) is 105 cm³/mol. The molecule has 0 atom stereocenters. The lowest BCUT2D eigenvalue weighted by Crippen LogP contribution is -2.29. The van der Waals surface area contributed by atoms with E-state index >= 15 is 0 Å². The summed E-state index contributed by atoms with van der Waals surface area (Å²) in [7, 11) is 0. The Kier molecular flexibility index (Phi) is 6.21. The van der Waals surface area contributed by atoms with E-state index in [1.165, 1.54) is 0 Å². The van der Waals surface area contributed by atoms with E-state index in [0.29, 0.717) is 29.7 Å². The van der Waals surface area contributed by atoms with Crippen molar-refractivity contribution in [1.82, 2.24) is 14.9 Å². The van der Waals surface area contributed by atoms with Crippen LogP contribution in [0.25, 0.3) is 10.9 Å². The van der Waals surface area contributed by atoms with Gasteiger partial charge in [0.15, 0.2) is 0 Å². The Balaban J connectivity index is 1.74. The molecule has 3 rings (SSSR count). The van der Waals surface area contributed by atoms with Crippen LogP contribution in [0.4, 0.5) is 5.69 Å². The van der Waals surface area contributed by atoms with Crippen LogP contribution in [-0.2, 0) is 22.6 Å². The van der Waals surface area contributed by atoms with E-state index in [0.717, 1.165) is 44.3 Å². The molecular formula is C20H26N4O3. The molecule has 0 radical (unpaired) electrons. The zero-order chi connectivity index (χ0) is 19.2. The molecule has 144 valence electrons. The SMILES string of the molecule is CCCCNC(=O)CC(=O)Nc1ccc2nc3n(c(=O)c2c1)CCCCC3. The molecule has 0 saturated heterocycles. The van der Waals surface area contributed by atoms with Crippen LogP contribution < -0.4 is 16.2 Å². The number of rotatable bonds is 6. The van der Waals surface area contributed by atoms with Crippen LogP contribution in [0.1, 0.15) is 51.3 Å². The Labute approximate surface area is 158 Å². The molecule has 1 aromatic carbocycles. The molecule has 2 heterocycles. The van der Waals surface area contributed by atoms with Crippen LogP contribution in [0.2, 0.25) is 0 Å². The fraction of sp³-hybridized carbons (Fsp3) is 0.500. The summed E-state index contributed by atoms with van der Waals surface area (Å²) in [6.45, 7) is 3.30. The predicted octanol–water partition coefficient (Wildman–Crippen LogP) is 2.37. The van der Waals surface area contributed by atoms with Crippen molar-refractivity contribution in [2.75, 3.05) is 11.9 Å². The number of benzene rings is 1. The Morgan fingerprint density at radius 3 is 2.85 bits per heavy atom. The second-order valence-corrected chi connectivity index (χ2v) is 6.96. The minimum atomic E-state index is -0.397. The number of anilines is 1. The van der Waals surface area contributed by atoms with Crippen molar-refractivity contribution in [2.45, 2.75) is 58.4 Å². The molecule has 0 spiro atoms. The van der Waals surface area contributed by atoms with Crippen LogP contribution in [0.3, 0.4) is 0 Å². The molecule has 2 aromatic rings. The molecule has 27 heavy (non-hydrogen) atoms. The molecule has 0 unspecified atom stereocenters. The summed E-state index contributed by atoms with van der Waals surface area (Å²) in [5, 5.41) is 5.91. The highest BCUT2D eigenvalue weighted by molar-refractivity contribution is 6.04. The quantitative estimate of drug-likeness (QED) is 0.603. The van der Waals surface area contributed by atoms with Gasteiger partial charge in [-0.15, -0.1) is 0 Å². The van der Waals surface area contributed by atoms with E-state index in [1.54, 1.807) is 22.8 Å². The number of carbonyl (C=O) groups excluding carboxylic acids is 2. The molecule has 1 aliphatic heterocycles. The summed E-state index contributed by atoms with van der Waals surface area (Å²) < 4.78 is 1.75. The van der Waals surface area contributed by atoms with E-state index < -0.39 is 5.91 Å². The van der Waals surface area contributed by atoms with Crippen molar-refractivity contribution in [3.05, 3.63) is 34.4 Å². The van der Waals surface area contributed by atoms with Gasteiger partial charge >= 0.3 is 0 Å². The van der Waals surface area contributed by atoms with Gasteiger partial charge in [-0.25, -0.2) is 4.98 Å². The third-order valence-electron chi connectivity index (χ3n) is 4.77. The van der Waals surface area contributed by atoms with Crippen LogP contribution in [0.15, 0.2) is 23.0 Å². The van der Waals surface area contributed by atoms with Gasteiger partial charge in [-0.1, -0.05) is 19.8 Å². The number of unbranched alkanes of at least 4 members (excludes halogenated alkanes) is 1. The first-order chi connectivity index (χ1) is 13.1. The van der Waals surface area contributed by atoms with Gasteiger partial charge in [0.2, 0.25) is 11.8 Å². The largest absolute Gasteiger partial charge is 0.356 e. The molecule has 2 N–H and O–H groups in total. The lowest BCUT2D eigenvalue weighted by molar-refractivity contribution is -0.126. The molecule has 0 aliphatic carbocycles. The van der Waals surface area contributed by atoms with Crippen LogP contribution in [-0.4, -0.2) is 27.9 Å². The highest BCUT2D eigenvalue weighted by atomic mass is 16.2. The minimum absolute atomic E-state index is 0.0645. The highest BCUT2D eigenvalue weighted by Crippen LogP contribution is 2.18. The zero-order valence-corrected chi connectivity index (χ0v) is 15.7. The second-order valence-electron chi connectivity index (χ2n) is 6.96. The summed E-state index contributed by atoms with van der Waals surface area (Å²) >= 11 is 0. The number of hydrogen-bond acceptors (Lipinski definition) is 4. The number of fused-ring (bicyclic) bond motifs is 2. The molecule has 0 fully saturated rings. The number of aryl methyl sites for hydroxylation is 1. The van der Waals surface area contributed by atoms with Gasteiger partial charge in [0.25, 0.3) is 5.56 Å². The first kappa shape index (κ1) is 19.1. The lowest BCUT2D eigenvalue weighted by atomic mass is 10.2. The molecule has 7 nitrogen and oxygen atoms in total. The van der Waals surface area contributed by atoms with Crippen LogP contribution in [0.5, 0.6) is 0 Å². The molecule has 7 heteroatoms. The van der Waals surface area contributed by atoms with Gasteiger partial charge in [0.1, 0.15) is 12.2 Å². The smallest absolute Gasteiger partial charge is 0.261 e. The molecule has 0 bridgehead atoms. The number of hydrogen-bond donors (Lipinski definition) is 2. The van der Waals surface area contributed by atoms with Gasteiger partial charge < -0.3 is 10.6 Å². The van der Waals surface area contributed by atoms with E-state index in [4.69, 9.17) is 0 Å². The minimum Gasteiger partial charge on any atom is -0.356 e. The zero-order valence-electron chi connectivity index (χ0n) is 15.7. The molecule has 1 aromatic heterocycles. The average Bonchev–Trinajstić information content (AvgIpc) is 2.88. The van der Waals surface area contributed by atoms with Crippen molar-refractivity contribution in [1.29, 1.82) is 0 Å². The lowest BCUT2D eigenvalue weighted by Gasteiger charge is -2.11. The fourth-order valence-electron chi connectivity index (χ4n) is 3.31. The van der Waals surface area contributed by atoms with Crippen molar-refractivity contribution in [3.8, 4) is 0 Å². The summed E-state index contributed by atoms with van der Waals surface area (Å²) in [4.78, 5) is 41.3. The van der Waals surface area contributed by atoms with E-state index in [1.807, 2.05) is 6.92 Å². The van der Waals surface area contributed by atoms with E-state index in [2.05, 4.69) is 15.6 Å². The maximum Gasteiger partial charge on any atom is 0.261 e. The topological polar surface area (TPSA) is 93.1 Å². The Bertz CT molecular complexity index is 904. The molecule has 0 saturated carbocycles. The van der Waals surface area contributed by atoms with Crippen LogP contribution >= 0.6 is 0 Å². The van der Waals surface area contributed by atoms with E-state index in [-0.39, 0.29) is 17.9 Å². The summed E-state index contributed by atoms with van der Waals surface area (Å²) in [6, 6.07) is 5.12. The molecule has 2 amide bonds. The van der Waals surface area contributed by atoms with Crippen molar-refractivity contribution < 1.29 is 9.59 Å². The van der Waals surface area contributed by atoms with Gasteiger partial charge in [0, 0.05) is 25.2 Å². The summed E-state index contributed by atoms with van der Waals surface area (Å²) in [5.74, 6) is 0.144. The Morgan fingerprint density at radius 2 is 2.04 bits per heavy atom. The fourth-order valence-corrected chi connectivity index (χ4v) is 3.31. The number of amides is 2.